The Bertz CT molecular complexity index is 833. The molecule has 0 atom stereocenters. The topological polar surface area (TPSA) is 93.2 Å². The molecule has 1 amide bonds. The lowest BCUT2D eigenvalue weighted by Gasteiger charge is -2.07. The van der Waals surface area contributed by atoms with Crippen LogP contribution in [0.15, 0.2) is 41.3 Å². The van der Waals surface area contributed by atoms with Crippen LogP contribution >= 0.6 is 0 Å². The van der Waals surface area contributed by atoms with Gasteiger partial charge in [0.05, 0.1) is 12.0 Å². The molecule has 0 spiro atoms. The fourth-order valence-electron chi connectivity index (χ4n) is 2.15. The van der Waals surface area contributed by atoms with Gasteiger partial charge in [-0.1, -0.05) is 0 Å². The van der Waals surface area contributed by atoms with E-state index < -0.39 is 5.91 Å². The van der Waals surface area contributed by atoms with E-state index in [0.29, 0.717) is 5.69 Å². The average Bonchev–Trinajstić information content (AvgIpc) is 3.16. The number of nitrogens with zero attached hydrogens (tertiary/aromatic N) is 3. The second-order valence-electron chi connectivity index (χ2n) is 5.07. The number of benzene rings is 1. The van der Waals surface area contributed by atoms with Crippen LogP contribution in [0.1, 0.15) is 27.8 Å². The van der Waals surface area contributed by atoms with Crippen LogP contribution in [0.2, 0.25) is 0 Å². The minimum atomic E-state index is -0.393. The predicted octanol–water partition coefficient (Wildman–Crippen LogP) is 2.22. The second kappa shape index (κ2) is 6.05. The fourth-order valence-corrected chi connectivity index (χ4v) is 2.15. The summed E-state index contributed by atoms with van der Waals surface area (Å²) in [7, 11) is 0. The number of aryl methyl sites for hydroxylation is 1. The Kier molecular flexibility index (Phi) is 3.94. The van der Waals surface area contributed by atoms with Gasteiger partial charge in [-0.25, -0.2) is 9.97 Å². The Morgan fingerprint density at radius 2 is 2.04 bits per heavy atom. The van der Waals surface area contributed by atoms with E-state index in [1.165, 1.54) is 6.26 Å². The maximum atomic E-state index is 12.0. The molecule has 2 aromatic heterocycles. The van der Waals surface area contributed by atoms with Gasteiger partial charge in [0.15, 0.2) is 5.69 Å². The zero-order valence-electron chi connectivity index (χ0n) is 12.8. The molecule has 1 aromatic carbocycles. The summed E-state index contributed by atoms with van der Waals surface area (Å²) in [5.74, 6) is -0.285. The minimum absolute atomic E-state index is 0.108. The number of carbonyl (C=O) groups excluding carboxylic acids is 1. The molecule has 7 nitrogen and oxygen atoms in total. The standard InChI is InChI=1S/C16H16N4O3/c1-10-11(2)20(9-17-10)13-5-3-12(4-6-13)18-16(22)14-8-23-15(7-21)19-14/h3-6,8-9,21H,7H2,1-2H3,(H,18,22). The number of imidazole rings is 1. The van der Waals surface area contributed by atoms with Crippen molar-refractivity contribution in [2.24, 2.45) is 0 Å². The van der Waals surface area contributed by atoms with Gasteiger partial charge in [0.25, 0.3) is 5.91 Å². The molecule has 0 aliphatic heterocycles. The summed E-state index contributed by atoms with van der Waals surface area (Å²) < 4.78 is 6.91. The van der Waals surface area contributed by atoms with E-state index in [4.69, 9.17) is 9.52 Å². The van der Waals surface area contributed by atoms with Gasteiger partial charge >= 0.3 is 0 Å². The lowest BCUT2D eigenvalue weighted by atomic mass is 10.2. The van der Waals surface area contributed by atoms with E-state index in [1.54, 1.807) is 18.5 Å². The van der Waals surface area contributed by atoms with Crippen LogP contribution in [0, 0.1) is 13.8 Å². The first kappa shape index (κ1) is 15.0. The maximum Gasteiger partial charge on any atom is 0.277 e. The van der Waals surface area contributed by atoms with Crippen molar-refractivity contribution < 1.29 is 14.3 Å². The summed E-state index contributed by atoms with van der Waals surface area (Å²) in [5, 5.41) is 11.6. The summed E-state index contributed by atoms with van der Waals surface area (Å²) in [5.41, 5.74) is 3.78. The third kappa shape index (κ3) is 3.00. The Morgan fingerprint density at radius 3 is 2.61 bits per heavy atom. The molecule has 0 fully saturated rings. The zero-order chi connectivity index (χ0) is 16.4. The Balaban J connectivity index is 1.74. The molecular weight excluding hydrogens is 296 g/mol. The number of nitrogens with one attached hydrogen (secondary N) is 1. The van der Waals surface area contributed by atoms with E-state index in [-0.39, 0.29) is 18.2 Å². The van der Waals surface area contributed by atoms with Gasteiger partial charge in [-0.15, -0.1) is 0 Å². The number of oxazole rings is 1. The van der Waals surface area contributed by atoms with Crippen molar-refractivity contribution >= 4 is 11.6 Å². The smallest absolute Gasteiger partial charge is 0.277 e. The van der Waals surface area contributed by atoms with Gasteiger partial charge < -0.3 is 19.4 Å². The molecule has 0 aliphatic rings. The highest BCUT2D eigenvalue weighted by molar-refractivity contribution is 6.02. The normalized spacial score (nSPS) is 10.7. The summed E-state index contributed by atoms with van der Waals surface area (Å²) in [6.45, 7) is 3.62. The van der Waals surface area contributed by atoms with Crippen LogP contribution in [-0.4, -0.2) is 25.5 Å². The van der Waals surface area contributed by atoms with E-state index >= 15 is 0 Å². The van der Waals surface area contributed by atoms with Crippen molar-refractivity contribution in [1.82, 2.24) is 14.5 Å². The maximum absolute atomic E-state index is 12.0. The van der Waals surface area contributed by atoms with E-state index in [2.05, 4.69) is 15.3 Å². The summed E-state index contributed by atoms with van der Waals surface area (Å²) in [6, 6.07) is 7.39. The molecule has 0 radical (unpaired) electrons. The number of hydrogen-bond acceptors (Lipinski definition) is 5. The molecule has 23 heavy (non-hydrogen) atoms. The first-order chi connectivity index (χ1) is 11.1. The number of aromatic nitrogens is 3. The predicted molar refractivity (Wildman–Crippen MR) is 83.4 cm³/mol. The molecular formula is C16H16N4O3. The monoisotopic (exact) mass is 312 g/mol. The molecule has 7 heteroatoms. The molecule has 3 rings (SSSR count). The zero-order valence-corrected chi connectivity index (χ0v) is 12.8. The molecule has 0 bridgehead atoms. The molecule has 2 heterocycles. The van der Waals surface area contributed by atoms with Crippen molar-refractivity contribution in [1.29, 1.82) is 0 Å². The highest BCUT2D eigenvalue weighted by atomic mass is 16.4. The molecule has 0 aliphatic carbocycles. The molecule has 2 N–H and O–H groups in total. The van der Waals surface area contributed by atoms with E-state index in [0.717, 1.165) is 17.1 Å². The number of aliphatic hydroxyl groups excluding tert-OH is 1. The highest BCUT2D eigenvalue weighted by Gasteiger charge is 2.12. The Labute approximate surface area is 132 Å². The lowest BCUT2D eigenvalue weighted by molar-refractivity contribution is 0.102. The SMILES string of the molecule is Cc1ncn(-c2ccc(NC(=O)c3coc(CO)n3)cc2)c1C. The lowest BCUT2D eigenvalue weighted by Crippen LogP contribution is -2.12. The third-order valence-electron chi connectivity index (χ3n) is 3.57. The van der Waals surface area contributed by atoms with Gasteiger partial charge in [-0.3, -0.25) is 4.79 Å². The van der Waals surface area contributed by atoms with Crippen molar-refractivity contribution in [3.63, 3.8) is 0 Å². The van der Waals surface area contributed by atoms with E-state index in [9.17, 15) is 4.79 Å². The number of carbonyl (C=O) groups is 1. The highest BCUT2D eigenvalue weighted by Crippen LogP contribution is 2.17. The van der Waals surface area contributed by atoms with Crippen LogP contribution < -0.4 is 5.32 Å². The van der Waals surface area contributed by atoms with E-state index in [1.807, 2.05) is 30.5 Å². The van der Waals surface area contributed by atoms with Gasteiger partial charge in [-0.2, -0.15) is 0 Å². The molecule has 0 saturated heterocycles. The molecule has 0 saturated carbocycles. The van der Waals surface area contributed by atoms with Crippen LogP contribution in [-0.2, 0) is 6.61 Å². The number of aliphatic hydroxyl groups is 1. The number of amides is 1. The molecule has 3 aromatic rings. The van der Waals surface area contributed by atoms with Gasteiger partial charge in [0.2, 0.25) is 5.89 Å². The van der Waals surface area contributed by atoms with Crippen LogP contribution in [0.4, 0.5) is 5.69 Å². The van der Waals surface area contributed by atoms with Crippen molar-refractivity contribution in [2.45, 2.75) is 20.5 Å². The van der Waals surface area contributed by atoms with Gasteiger partial charge in [0, 0.05) is 17.1 Å². The summed E-state index contributed by atoms with van der Waals surface area (Å²) in [4.78, 5) is 20.2. The second-order valence-corrected chi connectivity index (χ2v) is 5.07. The summed E-state index contributed by atoms with van der Waals surface area (Å²) in [6.07, 6.45) is 2.98. The first-order valence-corrected chi connectivity index (χ1v) is 7.06. The third-order valence-corrected chi connectivity index (χ3v) is 3.57. The van der Waals surface area contributed by atoms with Crippen LogP contribution in [0.3, 0.4) is 0 Å². The summed E-state index contributed by atoms with van der Waals surface area (Å²) >= 11 is 0. The average molecular weight is 312 g/mol. The fraction of sp³-hybridized carbons (Fsp3) is 0.188. The number of anilines is 1. The Morgan fingerprint density at radius 1 is 1.30 bits per heavy atom. The largest absolute Gasteiger partial charge is 0.446 e. The van der Waals surface area contributed by atoms with Crippen molar-refractivity contribution in [2.75, 3.05) is 5.32 Å². The quantitative estimate of drug-likeness (QED) is 0.770. The van der Waals surface area contributed by atoms with Crippen LogP contribution in [0.5, 0.6) is 0 Å². The van der Waals surface area contributed by atoms with Gasteiger partial charge in [-0.05, 0) is 38.1 Å². The van der Waals surface area contributed by atoms with Crippen LogP contribution in [0.25, 0.3) is 5.69 Å². The Hall–Kier alpha value is -2.93. The number of hydrogen-bond donors (Lipinski definition) is 2. The number of rotatable bonds is 4. The van der Waals surface area contributed by atoms with Crippen molar-refractivity contribution in [3.8, 4) is 5.69 Å². The minimum Gasteiger partial charge on any atom is -0.446 e. The molecule has 118 valence electrons. The first-order valence-electron chi connectivity index (χ1n) is 7.06. The van der Waals surface area contributed by atoms with Gasteiger partial charge in [0.1, 0.15) is 12.9 Å². The van der Waals surface area contributed by atoms with Crippen molar-refractivity contribution in [3.05, 3.63) is 59.8 Å². The molecule has 0 unspecified atom stereocenters.